The monoisotopic (exact) mass is 397 g/mol. The van der Waals surface area contributed by atoms with Gasteiger partial charge in [0.25, 0.3) is 5.91 Å². The van der Waals surface area contributed by atoms with Crippen LogP contribution in [-0.2, 0) is 14.3 Å². The van der Waals surface area contributed by atoms with Gasteiger partial charge in [-0.3, -0.25) is 19.3 Å². The molecule has 2 heterocycles. The van der Waals surface area contributed by atoms with Crippen molar-refractivity contribution in [3.8, 4) is 0 Å². The Morgan fingerprint density at radius 2 is 2.03 bits per heavy atom. The predicted octanol–water partition coefficient (Wildman–Crippen LogP) is 2.39. The zero-order valence-corrected chi connectivity index (χ0v) is 16.2. The third-order valence-corrected chi connectivity index (χ3v) is 6.04. The Hall–Kier alpha value is -3.16. The molecular weight excluding hydrogens is 374 g/mol. The topological polar surface area (TPSA) is 109 Å². The van der Waals surface area contributed by atoms with Crippen LogP contribution in [0, 0.1) is 5.92 Å². The summed E-state index contributed by atoms with van der Waals surface area (Å²) in [7, 11) is 0. The number of para-hydroxylation sites is 1. The van der Waals surface area contributed by atoms with Crippen LogP contribution in [0.15, 0.2) is 30.5 Å². The fourth-order valence-corrected chi connectivity index (χ4v) is 4.34. The molecule has 0 radical (unpaired) electrons. The normalized spacial score (nSPS) is 24.2. The van der Waals surface area contributed by atoms with Crippen LogP contribution >= 0.6 is 0 Å². The second kappa shape index (κ2) is 7.35. The molecule has 1 saturated carbocycles. The molecule has 0 bridgehead atoms. The number of Topliss-reactive ketones (excluding diaryl/α,β-unsaturated/α-hetero) is 1. The number of amides is 3. The standard InChI is InChI=1S/C21H23N3O5/c1-13-6-4-5-9-21(13)19(27)24(20(28)23-21)11-18(26)29-12-17(25)15-10-22-16-8-3-2-7-14(15)16/h2-3,7-8,10,13,22H,4-6,9,11-12H2,1H3,(H,23,28)/t13-,21-/m0/s1. The molecule has 1 aromatic heterocycles. The lowest BCUT2D eigenvalue weighted by Gasteiger charge is -2.36. The minimum absolute atomic E-state index is 0.0113. The Morgan fingerprint density at radius 1 is 1.24 bits per heavy atom. The number of urea groups is 1. The van der Waals surface area contributed by atoms with Crippen LogP contribution in [0.2, 0.25) is 0 Å². The van der Waals surface area contributed by atoms with Crippen LogP contribution in [0.3, 0.4) is 0 Å². The van der Waals surface area contributed by atoms with Crippen LogP contribution in [0.5, 0.6) is 0 Å². The molecule has 2 N–H and O–H groups in total. The van der Waals surface area contributed by atoms with E-state index in [2.05, 4.69) is 10.3 Å². The number of aromatic nitrogens is 1. The molecule has 8 heteroatoms. The summed E-state index contributed by atoms with van der Waals surface area (Å²) < 4.78 is 5.06. The highest BCUT2D eigenvalue weighted by Crippen LogP contribution is 2.38. The number of carbonyl (C=O) groups is 4. The minimum Gasteiger partial charge on any atom is -0.456 e. The Kier molecular flexibility index (Phi) is 4.86. The molecule has 4 rings (SSSR count). The number of hydrogen-bond donors (Lipinski definition) is 2. The molecule has 2 fully saturated rings. The zero-order valence-electron chi connectivity index (χ0n) is 16.2. The number of aromatic amines is 1. The van der Waals surface area contributed by atoms with E-state index < -0.39 is 30.7 Å². The maximum atomic E-state index is 12.9. The Morgan fingerprint density at radius 3 is 2.83 bits per heavy atom. The van der Waals surface area contributed by atoms with Gasteiger partial charge in [-0.25, -0.2) is 4.79 Å². The zero-order chi connectivity index (χ0) is 20.6. The molecule has 3 amide bonds. The largest absolute Gasteiger partial charge is 0.456 e. The molecule has 1 aliphatic carbocycles. The van der Waals surface area contributed by atoms with Gasteiger partial charge in [0, 0.05) is 22.7 Å². The van der Waals surface area contributed by atoms with Crippen LogP contribution in [0.1, 0.15) is 43.0 Å². The van der Waals surface area contributed by atoms with Gasteiger partial charge < -0.3 is 15.0 Å². The van der Waals surface area contributed by atoms with Crippen molar-refractivity contribution >= 4 is 34.6 Å². The van der Waals surface area contributed by atoms with E-state index in [1.165, 1.54) is 0 Å². The second-order valence-electron chi connectivity index (χ2n) is 7.77. The number of ketones is 1. The number of carbonyl (C=O) groups excluding carboxylic acids is 4. The van der Waals surface area contributed by atoms with Crippen LogP contribution in [-0.4, -0.2) is 52.3 Å². The van der Waals surface area contributed by atoms with E-state index in [0.717, 1.165) is 35.1 Å². The van der Waals surface area contributed by atoms with E-state index in [1.54, 1.807) is 12.3 Å². The van der Waals surface area contributed by atoms with E-state index in [1.807, 2.05) is 25.1 Å². The molecule has 2 atom stereocenters. The summed E-state index contributed by atoms with van der Waals surface area (Å²) in [6.07, 6.45) is 4.87. The van der Waals surface area contributed by atoms with Crippen LogP contribution in [0.4, 0.5) is 4.79 Å². The average Bonchev–Trinajstić information content (AvgIpc) is 3.24. The number of esters is 1. The summed E-state index contributed by atoms with van der Waals surface area (Å²) in [6.45, 7) is 0.991. The third-order valence-electron chi connectivity index (χ3n) is 6.04. The van der Waals surface area contributed by atoms with Gasteiger partial charge in [-0.1, -0.05) is 38.0 Å². The maximum absolute atomic E-state index is 12.9. The molecule has 1 saturated heterocycles. The van der Waals surface area contributed by atoms with Gasteiger partial charge in [0.1, 0.15) is 12.1 Å². The van der Waals surface area contributed by atoms with Gasteiger partial charge in [0.2, 0.25) is 5.78 Å². The molecule has 2 aromatic rings. The molecule has 1 aliphatic heterocycles. The molecule has 152 valence electrons. The summed E-state index contributed by atoms with van der Waals surface area (Å²) in [4.78, 5) is 53.7. The highest BCUT2D eigenvalue weighted by Gasteiger charge is 2.55. The highest BCUT2D eigenvalue weighted by atomic mass is 16.5. The van der Waals surface area contributed by atoms with Crippen molar-refractivity contribution in [1.82, 2.24) is 15.2 Å². The van der Waals surface area contributed by atoms with Gasteiger partial charge in [-0.15, -0.1) is 0 Å². The van der Waals surface area contributed by atoms with Gasteiger partial charge in [0.15, 0.2) is 6.61 Å². The number of hydrogen-bond acceptors (Lipinski definition) is 5. The number of fused-ring (bicyclic) bond motifs is 1. The SMILES string of the molecule is C[C@H]1CCCC[C@]12NC(=O)N(CC(=O)OCC(=O)c1c[nH]c3ccccc13)C2=O. The average molecular weight is 397 g/mol. The molecule has 1 spiro atoms. The molecule has 29 heavy (non-hydrogen) atoms. The first kappa shape index (κ1) is 19.2. The summed E-state index contributed by atoms with van der Waals surface area (Å²) in [5, 5.41) is 3.54. The molecule has 2 aliphatic rings. The quantitative estimate of drug-likeness (QED) is 0.457. The van der Waals surface area contributed by atoms with E-state index in [4.69, 9.17) is 4.74 Å². The number of nitrogens with one attached hydrogen (secondary N) is 2. The maximum Gasteiger partial charge on any atom is 0.326 e. The molecule has 0 unspecified atom stereocenters. The second-order valence-corrected chi connectivity index (χ2v) is 7.77. The van der Waals surface area contributed by atoms with Gasteiger partial charge in [0.05, 0.1) is 0 Å². The first-order valence-electron chi connectivity index (χ1n) is 9.81. The van der Waals surface area contributed by atoms with E-state index in [0.29, 0.717) is 12.0 Å². The van der Waals surface area contributed by atoms with Crippen molar-refractivity contribution in [3.63, 3.8) is 0 Å². The van der Waals surface area contributed by atoms with Crippen molar-refractivity contribution < 1.29 is 23.9 Å². The third kappa shape index (κ3) is 3.28. The lowest BCUT2D eigenvalue weighted by molar-refractivity contribution is -0.147. The van der Waals surface area contributed by atoms with E-state index >= 15 is 0 Å². The number of imide groups is 1. The van der Waals surface area contributed by atoms with Crippen LogP contribution in [0.25, 0.3) is 10.9 Å². The minimum atomic E-state index is -0.921. The molecule has 1 aromatic carbocycles. The van der Waals surface area contributed by atoms with Crippen molar-refractivity contribution in [2.75, 3.05) is 13.2 Å². The Bertz CT molecular complexity index is 997. The summed E-state index contributed by atoms with van der Waals surface area (Å²) >= 11 is 0. The van der Waals surface area contributed by atoms with Gasteiger partial charge >= 0.3 is 12.0 Å². The number of benzene rings is 1. The summed E-state index contributed by atoms with van der Waals surface area (Å²) in [5.41, 5.74) is 0.321. The molecular formula is C21H23N3O5. The van der Waals surface area contributed by atoms with E-state index in [9.17, 15) is 19.2 Å². The number of nitrogens with zero attached hydrogens (tertiary/aromatic N) is 1. The van der Waals surface area contributed by atoms with Gasteiger partial charge in [-0.05, 0) is 24.8 Å². The summed E-state index contributed by atoms with van der Waals surface area (Å²) in [5.74, 6) is -1.51. The lowest BCUT2D eigenvalue weighted by atomic mass is 9.73. The van der Waals surface area contributed by atoms with Crippen molar-refractivity contribution in [2.45, 2.75) is 38.1 Å². The van der Waals surface area contributed by atoms with Crippen molar-refractivity contribution in [2.24, 2.45) is 5.92 Å². The first-order chi connectivity index (χ1) is 13.9. The Labute approximate surface area is 167 Å². The highest BCUT2D eigenvalue weighted by molar-refractivity contribution is 6.10. The van der Waals surface area contributed by atoms with Gasteiger partial charge in [-0.2, -0.15) is 0 Å². The van der Waals surface area contributed by atoms with E-state index in [-0.39, 0.29) is 17.6 Å². The van der Waals surface area contributed by atoms with Crippen molar-refractivity contribution in [3.05, 3.63) is 36.0 Å². The summed E-state index contributed by atoms with van der Waals surface area (Å²) in [6, 6.07) is 6.74. The lowest BCUT2D eigenvalue weighted by Crippen LogP contribution is -2.54. The predicted molar refractivity (Wildman–Crippen MR) is 104 cm³/mol. The smallest absolute Gasteiger partial charge is 0.326 e. The molecule has 8 nitrogen and oxygen atoms in total. The fraction of sp³-hybridized carbons (Fsp3) is 0.429. The van der Waals surface area contributed by atoms with Crippen LogP contribution < -0.4 is 5.32 Å². The number of rotatable bonds is 5. The number of H-pyrrole nitrogens is 1. The van der Waals surface area contributed by atoms with Crippen molar-refractivity contribution in [1.29, 1.82) is 0 Å². The number of ether oxygens (including phenoxy) is 1. The Balaban J connectivity index is 1.38. The first-order valence-corrected chi connectivity index (χ1v) is 9.81. The fourth-order valence-electron chi connectivity index (χ4n) is 4.34.